The molecule has 0 spiro atoms. The van der Waals surface area contributed by atoms with Gasteiger partial charge in [0.1, 0.15) is 0 Å². The molecule has 1 atom stereocenters. The third-order valence-electron chi connectivity index (χ3n) is 2.95. The second kappa shape index (κ2) is 5.83. The lowest BCUT2D eigenvalue weighted by Gasteiger charge is -2.14. The van der Waals surface area contributed by atoms with E-state index >= 15 is 0 Å². The Morgan fingerprint density at radius 2 is 2.11 bits per heavy atom. The largest absolute Gasteiger partial charge is 0.384 e. The predicted molar refractivity (Wildman–Crippen MR) is 76.0 cm³/mol. The number of hydrogen-bond acceptors (Lipinski definition) is 3. The minimum absolute atomic E-state index is 0.482. The zero-order chi connectivity index (χ0) is 13.0. The Morgan fingerprint density at radius 1 is 1.28 bits per heavy atom. The van der Waals surface area contributed by atoms with Crippen LogP contribution in [-0.2, 0) is 4.74 Å². The first-order valence-electron chi connectivity index (χ1n) is 6.30. The van der Waals surface area contributed by atoms with E-state index in [9.17, 15) is 0 Å². The standard InChI is InChI=1S/C15H20N2O/c1-11(10-18-3)9-16-14-6-4-5-13-8-7-12(2)17-15(13)14/h4-8,11,16H,9-10H2,1-3H3. The molecule has 0 fully saturated rings. The van der Waals surface area contributed by atoms with Crippen LogP contribution in [0, 0.1) is 12.8 Å². The van der Waals surface area contributed by atoms with Gasteiger partial charge in [-0.1, -0.05) is 25.1 Å². The topological polar surface area (TPSA) is 34.1 Å². The van der Waals surface area contributed by atoms with Crippen molar-refractivity contribution < 1.29 is 4.74 Å². The number of fused-ring (bicyclic) bond motifs is 1. The first kappa shape index (κ1) is 12.8. The maximum atomic E-state index is 5.14. The van der Waals surface area contributed by atoms with Crippen molar-refractivity contribution in [2.75, 3.05) is 25.6 Å². The highest BCUT2D eigenvalue weighted by Gasteiger charge is 2.05. The van der Waals surface area contributed by atoms with Crippen LogP contribution in [0.25, 0.3) is 10.9 Å². The summed E-state index contributed by atoms with van der Waals surface area (Å²) in [6, 6.07) is 10.4. The molecule has 2 rings (SSSR count). The van der Waals surface area contributed by atoms with Gasteiger partial charge in [-0.15, -0.1) is 0 Å². The average molecular weight is 244 g/mol. The van der Waals surface area contributed by atoms with Crippen LogP contribution in [0.3, 0.4) is 0 Å². The average Bonchev–Trinajstić information content (AvgIpc) is 2.36. The summed E-state index contributed by atoms with van der Waals surface area (Å²) in [5.41, 5.74) is 3.18. The summed E-state index contributed by atoms with van der Waals surface area (Å²) in [5.74, 6) is 0.482. The lowest BCUT2D eigenvalue weighted by Crippen LogP contribution is -2.16. The highest BCUT2D eigenvalue weighted by atomic mass is 16.5. The van der Waals surface area contributed by atoms with E-state index in [4.69, 9.17) is 4.74 Å². The molecular formula is C15H20N2O. The normalized spacial score (nSPS) is 12.6. The monoisotopic (exact) mass is 244 g/mol. The van der Waals surface area contributed by atoms with Crippen LogP contribution in [0.4, 0.5) is 5.69 Å². The van der Waals surface area contributed by atoms with Crippen LogP contribution in [0.2, 0.25) is 0 Å². The van der Waals surface area contributed by atoms with Gasteiger partial charge in [-0.05, 0) is 25.0 Å². The van der Waals surface area contributed by atoms with E-state index in [1.165, 1.54) is 5.39 Å². The van der Waals surface area contributed by atoms with Crippen molar-refractivity contribution in [3.05, 3.63) is 36.0 Å². The first-order chi connectivity index (χ1) is 8.70. The van der Waals surface area contributed by atoms with Crippen LogP contribution in [0.15, 0.2) is 30.3 Å². The molecule has 1 aromatic heterocycles. The van der Waals surface area contributed by atoms with Gasteiger partial charge in [-0.25, -0.2) is 0 Å². The summed E-state index contributed by atoms with van der Waals surface area (Å²) in [6.45, 7) is 5.84. The Bertz CT molecular complexity index is 525. The minimum atomic E-state index is 0.482. The number of anilines is 1. The molecule has 0 aliphatic heterocycles. The lowest BCUT2D eigenvalue weighted by atomic mass is 10.1. The number of nitrogens with zero attached hydrogens (tertiary/aromatic N) is 1. The highest BCUT2D eigenvalue weighted by molar-refractivity contribution is 5.90. The number of pyridine rings is 1. The Morgan fingerprint density at radius 3 is 2.89 bits per heavy atom. The summed E-state index contributed by atoms with van der Waals surface area (Å²) in [4.78, 5) is 4.61. The second-order valence-electron chi connectivity index (χ2n) is 4.77. The third kappa shape index (κ3) is 2.99. The molecule has 18 heavy (non-hydrogen) atoms. The Kier molecular flexibility index (Phi) is 4.15. The predicted octanol–water partition coefficient (Wildman–Crippen LogP) is 3.24. The molecule has 0 aliphatic rings. The van der Waals surface area contributed by atoms with Gasteiger partial charge in [-0.3, -0.25) is 4.98 Å². The van der Waals surface area contributed by atoms with Gasteiger partial charge in [-0.2, -0.15) is 0 Å². The van der Waals surface area contributed by atoms with Crippen molar-refractivity contribution in [1.29, 1.82) is 0 Å². The van der Waals surface area contributed by atoms with Crippen LogP contribution in [0.1, 0.15) is 12.6 Å². The smallest absolute Gasteiger partial charge is 0.0936 e. The van der Waals surface area contributed by atoms with Gasteiger partial charge >= 0.3 is 0 Å². The van der Waals surface area contributed by atoms with Gasteiger partial charge in [0.05, 0.1) is 17.8 Å². The van der Waals surface area contributed by atoms with E-state index in [1.807, 2.05) is 13.0 Å². The zero-order valence-corrected chi connectivity index (χ0v) is 11.2. The number of rotatable bonds is 5. The Labute approximate surface area is 108 Å². The van der Waals surface area contributed by atoms with Gasteiger partial charge in [0.25, 0.3) is 0 Å². The number of nitrogens with one attached hydrogen (secondary N) is 1. The number of aryl methyl sites for hydroxylation is 1. The fourth-order valence-corrected chi connectivity index (χ4v) is 2.01. The third-order valence-corrected chi connectivity index (χ3v) is 2.95. The molecule has 0 bridgehead atoms. The zero-order valence-electron chi connectivity index (χ0n) is 11.2. The molecule has 1 unspecified atom stereocenters. The molecule has 0 saturated heterocycles. The van der Waals surface area contributed by atoms with Crippen molar-refractivity contribution in [1.82, 2.24) is 4.98 Å². The van der Waals surface area contributed by atoms with Crippen LogP contribution >= 0.6 is 0 Å². The van der Waals surface area contributed by atoms with Crippen LogP contribution in [-0.4, -0.2) is 25.2 Å². The second-order valence-corrected chi connectivity index (χ2v) is 4.77. The van der Waals surface area contributed by atoms with Crippen LogP contribution < -0.4 is 5.32 Å². The summed E-state index contributed by atoms with van der Waals surface area (Å²) in [5, 5.41) is 4.63. The van der Waals surface area contributed by atoms with E-state index in [2.05, 4.69) is 41.5 Å². The van der Waals surface area contributed by atoms with Crippen molar-refractivity contribution in [2.24, 2.45) is 5.92 Å². The summed E-state index contributed by atoms with van der Waals surface area (Å²) < 4.78 is 5.14. The van der Waals surface area contributed by atoms with E-state index in [1.54, 1.807) is 7.11 Å². The first-order valence-corrected chi connectivity index (χ1v) is 6.30. The van der Waals surface area contributed by atoms with E-state index in [-0.39, 0.29) is 0 Å². The Hall–Kier alpha value is -1.61. The maximum absolute atomic E-state index is 5.14. The number of para-hydroxylation sites is 1. The summed E-state index contributed by atoms with van der Waals surface area (Å²) in [7, 11) is 1.74. The molecule has 3 heteroatoms. The quantitative estimate of drug-likeness (QED) is 0.876. The molecule has 3 nitrogen and oxygen atoms in total. The van der Waals surface area contributed by atoms with Crippen molar-refractivity contribution in [3.63, 3.8) is 0 Å². The van der Waals surface area contributed by atoms with E-state index in [0.717, 1.165) is 30.0 Å². The van der Waals surface area contributed by atoms with Crippen molar-refractivity contribution in [3.8, 4) is 0 Å². The van der Waals surface area contributed by atoms with Gasteiger partial charge in [0.15, 0.2) is 0 Å². The highest BCUT2D eigenvalue weighted by Crippen LogP contribution is 2.21. The fourth-order valence-electron chi connectivity index (χ4n) is 2.01. The molecule has 96 valence electrons. The number of methoxy groups -OCH3 is 1. The number of benzene rings is 1. The SMILES string of the molecule is COCC(C)CNc1cccc2ccc(C)nc12. The number of ether oxygens (including phenoxy) is 1. The molecule has 0 amide bonds. The molecular weight excluding hydrogens is 224 g/mol. The summed E-state index contributed by atoms with van der Waals surface area (Å²) >= 11 is 0. The van der Waals surface area contributed by atoms with Gasteiger partial charge < -0.3 is 10.1 Å². The summed E-state index contributed by atoms with van der Waals surface area (Å²) in [6.07, 6.45) is 0. The molecule has 1 aromatic carbocycles. The van der Waals surface area contributed by atoms with E-state index in [0.29, 0.717) is 5.92 Å². The number of aromatic nitrogens is 1. The minimum Gasteiger partial charge on any atom is -0.384 e. The lowest BCUT2D eigenvalue weighted by molar-refractivity contribution is 0.164. The van der Waals surface area contributed by atoms with Gasteiger partial charge in [0, 0.05) is 24.7 Å². The number of hydrogen-bond donors (Lipinski definition) is 1. The Balaban J connectivity index is 2.19. The molecule has 2 aromatic rings. The van der Waals surface area contributed by atoms with Gasteiger partial charge in [0.2, 0.25) is 0 Å². The molecule has 0 radical (unpaired) electrons. The molecule has 0 saturated carbocycles. The molecule has 0 aliphatic carbocycles. The van der Waals surface area contributed by atoms with Crippen molar-refractivity contribution in [2.45, 2.75) is 13.8 Å². The van der Waals surface area contributed by atoms with Crippen LogP contribution in [0.5, 0.6) is 0 Å². The molecule has 1 N–H and O–H groups in total. The van der Waals surface area contributed by atoms with Crippen molar-refractivity contribution >= 4 is 16.6 Å². The van der Waals surface area contributed by atoms with E-state index < -0.39 is 0 Å². The molecule has 1 heterocycles. The fraction of sp³-hybridized carbons (Fsp3) is 0.400. The maximum Gasteiger partial charge on any atom is 0.0936 e.